The first-order chi connectivity index (χ1) is 12.2. The Hall–Kier alpha value is -2.21. The summed E-state index contributed by atoms with van der Waals surface area (Å²) in [4.78, 5) is 0. The van der Waals surface area contributed by atoms with Crippen molar-refractivity contribution in [1.82, 2.24) is 15.1 Å². The summed E-state index contributed by atoms with van der Waals surface area (Å²) in [5.41, 5.74) is 2.78. The molecule has 0 atom stereocenters. The molecule has 0 spiro atoms. The van der Waals surface area contributed by atoms with Gasteiger partial charge in [-0.1, -0.05) is 35.9 Å². The molecule has 7 heteroatoms. The van der Waals surface area contributed by atoms with E-state index in [2.05, 4.69) is 10.4 Å². The Morgan fingerprint density at radius 1 is 1.12 bits per heavy atom. The Morgan fingerprint density at radius 3 is 2.50 bits per heavy atom. The summed E-state index contributed by atoms with van der Waals surface area (Å²) in [5.74, 6) is 1.35. The summed E-state index contributed by atoms with van der Waals surface area (Å²) in [7, 11) is 1.65. The average molecular weight is 392 g/mol. The van der Waals surface area contributed by atoms with Crippen molar-refractivity contribution in [3.8, 4) is 28.6 Å². The number of hydrogen-bond acceptors (Lipinski definition) is 4. The van der Waals surface area contributed by atoms with Gasteiger partial charge in [-0.05, 0) is 24.3 Å². The Labute approximate surface area is 163 Å². The van der Waals surface area contributed by atoms with Crippen LogP contribution < -0.4 is 14.8 Å². The molecule has 0 amide bonds. The van der Waals surface area contributed by atoms with Gasteiger partial charge < -0.3 is 14.8 Å². The van der Waals surface area contributed by atoms with Crippen molar-refractivity contribution >= 4 is 24.0 Å². The van der Waals surface area contributed by atoms with Gasteiger partial charge in [0.05, 0.1) is 12.8 Å². The van der Waals surface area contributed by atoms with Crippen molar-refractivity contribution in [3.63, 3.8) is 0 Å². The number of methoxy groups -OCH3 is 1. The van der Waals surface area contributed by atoms with Crippen molar-refractivity contribution in [3.05, 3.63) is 59.6 Å². The Morgan fingerprint density at radius 2 is 1.85 bits per heavy atom. The number of nitrogens with one attached hydrogen (secondary N) is 1. The summed E-state index contributed by atoms with van der Waals surface area (Å²) >= 11 is 6.03. The second-order valence-electron chi connectivity index (χ2n) is 5.86. The third-order valence-electron chi connectivity index (χ3n) is 4.17. The van der Waals surface area contributed by atoms with Crippen molar-refractivity contribution in [2.45, 2.75) is 6.10 Å². The molecule has 0 bridgehead atoms. The van der Waals surface area contributed by atoms with Crippen molar-refractivity contribution in [2.24, 2.45) is 0 Å². The van der Waals surface area contributed by atoms with Gasteiger partial charge in [-0.25, -0.2) is 4.68 Å². The van der Waals surface area contributed by atoms with Crippen LogP contribution in [-0.2, 0) is 0 Å². The predicted octanol–water partition coefficient (Wildman–Crippen LogP) is 3.97. The van der Waals surface area contributed by atoms with Gasteiger partial charge in [0.1, 0.15) is 17.5 Å². The van der Waals surface area contributed by atoms with E-state index >= 15 is 0 Å². The molecule has 4 rings (SSSR count). The zero-order chi connectivity index (χ0) is 17.2. The van der Waals surface area contributed by atoms with E-state index in [1.165, 1.54) is 0 Å². The number of para-hydroxylation sites is 2. The molecule has 26 heavy (non-hydrogen) atoms. The maximum atomic E-state index is 6.03. The molecule has 1 aliphatic heterocycles. The van der Waals surface area contributed by atoms with Crippen LogP contribution in [0, 0.1) is 0 Å². The van der Waals surface area contributed by atoms with Crippen LogP contribution in [-0.4, -0.2) is 36.1 Å². The fourth-order valence-electron chi connectivity index (χ4n) is 2.75. The lowest BCUT2D eigenvalue weighted by molar-refractivity contribution is 0.135. The molecule has 0 saturated carbocycles. The molecular weight excluding hydrogens is 373 g/mol. The fourth-order valence-corrected chi connectivity index (χ4v) is 2.87. The number of benzene rings is 2. The normalized spacial score (nSPS) is 13.6. The molecular formula is C19H19Cl2N3O2. The summed E-state index contributed by atoms with van der Waals surface area (Å²) < 4.78 is 13.3. The van der Waals surface area contributed by atoms with E-state index in [4.69, 9.17) is 21.1 Å². The molecule has 1 N–H and O–H groups in total. The standard InChI is InChI=1S/C19H18ClN3O2.ClH/c1-24-18-5-3-2-4-16(18)23-17(13-6-8-14(20)9-7-13)10-19(22-23)25-15-11-21-12-15;/h2-10,15,21H,11-12H2,1H3;1H. The zero-order valence-electron chi connectivity index (χ0n) is 14.2. The lowest BCUT2D eigenvalue weighted by atomic mass is 10.1. The lowest BCUT2D eigenvalue weighted by Crippen LogP contribution is -2.50. The molecule has 0 radical (unpaired) electrons. The third kappa shape index (κ3) is 3.65. The molecule has 5 nitrogen and oxygen atoms in total. The molecule has 2 aromatic carbocycles. The van der Waals surface area contributed by atoms with Gasteiger partial charge in [0, 0.05) is 29.7 Å². The average Bonchev–Trinajstić information content (AvgIpc) is 3.02. The maximum absolute atomic E-state index is 6.03. The number of aromatic nitrogens is 2. The third-order valence-corrected chi connectivity index (χ3v) is 4.42. The van der Waals surface area contributed by atoms with E-state index in [-0.39, 0.29) is 18.5 Å². The summed E-state index contributed by atoms with van der Waals surface area (Å²) in [5, 5.41) is 8.56. The molecule has 2 heterocycles. The minimum Gasteiger partial charge on any atom is -0.494 e. The Bertz CT molecular complexity index is 877. The largest absolute Gasteiger partial charge is 0.494 e. The minimum atomic E-state index is 0. The summed E-state index contributed by atoms with van der Waals surface area (Å²) in [6.45, 7) is 1.69. The number of halogens is 2. The SMILES string of the molecule is COc1ccccc1-n1nc(OC2CNC2)cc1-c1ccc(Cl)cc1.Cl. The minimum absolute atomic E-state index is 0. The highest BCUT2D eigenvalue weighted by molar-refractivity contribution is 6.30. The number of rotatable bonds is 5. The summed E-state index contributed by atoms with van der Waals surface area (Å²) in [6, 6.07) is 17.4. The van der Waals surface area contributed by atoms with Crippen LogP contribution in [0.25, 0.3) is 16.9 Å². The first kappa shape index (κ1) is 18.6. The number of ether oxygens (including phenoxy) is 2. The van der Waals surface area contributed by atoms with E-state index in [0.29, 0.717) is 10.9 Å². The zero-order valence-corrected chi connectivity index (χ0v) is 15.8. The fraction of sp³-hybridized carbons (Fsp3) is 0.211. The van der Waals surface area contributed by atoms with Crippen LogP contribution in [0.5, 0.6) is 11.6 Å². The van der Waals surface area contributed by atoms with Gasteiger partial charge in [0.2, 0.25) is 5.88 Å². The van der Waals surface area contributed by atoms with Crippen LogP contribution in [0.2, 0.25) is 5.02 Å². The lowest BCUT2D eigenvalue weighted by Gasteiger charge is -2.26. The number of hydrogen-bond donors (Lipinski definition) is 1. The molecule has 0 unspecified atom stereocenters. The van der Waals surface area contributed by atoms with Gasteiger partial charge in [-0.15, -0.1) is 17.5 Å². The Kier molecular flexibility index (Phi) is 5.71. The molecule has 3 aromatic rings. The Balaban J connectivity index is 0.00000196. The monoisotopic (exact) mass is 391 g/mol. The highest BCUT2D eigenvalue weighted by atomic mass is 35.5. The van der Waals surface area contributed by atoms with Gasteiger partial charge in [-0.3, -0.25) is 0 Å². The van der Waals surface area contributed by atoms with Crippen molar-refractivity contribution < 1.29 is 9.47 Å². The van der Waals surface area contributed by atoms with Crippen LogP contribution >= 0.6 is 24.0 Å². The van der Waals surface area contributed by atoms with E-state index < -0.39 is 0 Å². The molecule has 1 aromatic heterocycles. The van der Waals surface area contributed by atoms with Gasteiger partial charge >= 0.3 is 0 Å². The van der Waals surface area contributed by atoms with E-state index in [9.17, 15) is 0 Å². The first-order valence-corrected chi connectivity index (χ1v) is 8.49. The predicted molar refractivity (Wildman–Crippen MR) is 105 cm³/mol. The van der Waals surface area contributed by atoms with Crippen LogP contribution in [0.1, 0.15) is 0 Å². The second kappa shape index (κ2) is 7.99. The van der Waals surface area contributed by atoms with E-state index in [0.717, 1.165) is 35.8 Å². The molecule has 0 aliphatic carbocycles. The van der Waals surface area contributed by atoms with Crippen molar-refractivity contribution in [2.75, 3.05) is 20.2 Å². The maximum Gasteiger partial charge on any atom is 0.234 e. The second-order valence-corrected chi connectivity index (χ2v) is 6.29. The quantitative estimate of drug-likeness (QED) is 0.714. The summed E-state index contributed by atoms with van der Waals surface area (Å²) in [6.07, 6.45) is 0.166. The van der Waals surface area contributed by atoms with Gasteiger partial charge in [0.15, 0.2) is 0 Å². The highest BCUT2D eigenvalue weighted by Crippen LogP contribution is 2.32. The van der Waals surface area contributed by atoms with E-state index in [1.807, 2.05) is 59.3 Å². The van der Waals surface area contributed by atoms with Crippen LogP contribution in [0.3, 0.4) is 0 Å². The number of nitrogens with zero attached hydrogens (tertiary/aromatic N) is 2. The van der Waals surface area contributed by atoms with Gasteiger partial charge in [0.25, 0.3) is 0 Å². The molecule has 1 aliphatic rings. The molecule has 1 fully saturated rings. The topological polar surface area (TPSA) is 48.3 Å². The van der Waals surface area contributed by atoms with Crippen LogP contribution in [0.15, 0.2) is 54.6 Å². The highest BCUT2D eigenvalue weighted by Gasteiger charge is 2.22. The van der Waals surface area contributed by atoms with Crippen LogP contribution in [0.4, 0.5) is 0 Å². The smallest absolute Gasteiger partial charge is 0.234 e. The van der Waals surface area contributed by atoms with E-state index in [1.54, 1.807) is 7.11 Å². The molecule has 136 valence electrons. The first-order valence-electron chi connectivity index (χ1n) is 8.11. The van der Waals surface area contributed by atoms with Crippen molar-refractivity contribution in [1.29, 1.82) is 0 Å². The van der Waals surface area contributed by atoms with Gasteiger partial charge in [-0.2, -0.15) is 0 Å². The molecule has 1 saturated heterocycles.